The Morgan fingerprint density at radius 3 is 2.66 bits per heavy atom. The second-order valence-corrected chi connectivity index (χ2v) is 8.33. The lowest BCUT2D eigenvalue weighted by Gasteiger charge is -2.34. The van der Waals surface area contributed by atoms with Crippen molar-refractivity contribution in [1.82, 2.24) is 10.2 Å². The van der Waals surface area contributed by atoms with Gasteiger partial charge < -0.3 is 15.0 Å². The van der Waals surface area contributed by atoms with Crippen LogP contribution in [0.15, 0.2) is 36.9 Å². The SMILES string of the molecule is C=CCCNCCCCCCOC1CCC(N(C)C(=O)c2cccc(C)c2)CC1. The van der Waals surface area contributed by atoms with E-state index in [0.717, 1.165) is 69.3 Å². The first-order chi connectivity index (χ1) is 14.1. The predicted octanol–water partition coefficient (Wildman–Crippen LogP) is 5.12. The standard InChI is InChI=1S/C25H40N2O2/c1-4-5-17-26-18-8-6-7-9-19-29-24-15-13-23(14-16-24)27(3)25(28)22-12-10-11-21(2)20-22/h4,10-12,20,23-24,26H,1,5-9,13-19H2,2-3H3. The number of aryl methyl sites for hydroxylation is 1. The number of benzene rings is 1. The summed E-state index contributed by atoms with van der Waals surface area (Å²) in [5, 5.41) is 3.43. The average Bonchev–Trinajstić information content (AvgIpc) is 2.74. The fourth-order valence-corrected chi connectivity index (χ4v) is 4.03. The summed E-state index contributed by atoms with van der Waals surface area (Å²) in [7, 11) is 1.95. The molecule has 1 aromatic rings. The van der Waals surface area contributed by atoms with Gasteiger partial charge in [0.05, 0.1) is 6.10 Å². The molecule has 1 amide bonds. The van der Waals surface area contributed by atoms with Crippen LogP contribution in [-0.4, -0.2) is 49.7 Å². The molecule has 0 radical (unpaired) electrons. The smallest absolute Gasteiger partial charge is 0.253 e. The maximum Gasteiger partial charge on any atom is 0.253 e. The van der Waals surface area contributed by atoms with E-state index in [1.54, 1.807) is 0 Å². The van der Waals surface area contributed by atoms with E-state index in [1.807, 2.05) is 49.2 Å². The normalized spacial score (nSPS) is 19.1. The summed E-state index contributed by atoms with van der Waals surface area (Å²) in [4.78, 5) is 14.7. The Bertz CT molecular complexity index is 609. The molecular formula is C25H40N2O2. The number of amides is 1. The van der Waals surface area contributed by atoms with E-state index in [-0.39, 0.29) is 5.91 Å². The number of hydrogen-bond acceptors (Lipinski definition) is 3. The molecule has 0 heterocycles. The van der Waals surface area contributed by atoms with Crippen LogP contribution in [0.1, 0.15) is 73.7 Å². The van der Waals surface area contributed by atoms with Gasteiger partial charge in [0.15, 0.2) is 0 Å². The average molecular weight is 401 g/mol. The second-order valence-electron chi connectivity index (χ2n) is 8.33. The van der Waals surface area contributed by atoms with E-state index < -0.39 is 0 Å². The van der Waals surface area contributed by atoms with Gasteiger partial charge in [-0.1, -0.05) is 36.6 Å². The van der Waals surface area contributed by atoms with Gasteiger partial charge in [0.25, 0.3) is 5.91 Å². The zero-order chi connectivity index (χ0) is 20.9. The van der Waals surface area contributed by atoms with Crippen molar-refractivity contribution in [3.05, 3.63) is 48.0 Å². The maximum atomic E-state index is 12.7. The monoisotopic (exact) mass is 400 g/mol. The molecule has 1 fully saturated rings. The minimum atomic E-state index is 0.136. The highest BCUT2D eigenvalue weighted by Crippen LogP contribution is 2.26. The van der Waals surface area contributed by atoms with E-state index in [2.05, 4.69) is 11.9 Å². The lowest BCUT2D eigenvalue weighted by Crippen LogP contribution is -2.40. The summed E-state index contributed by atoms with van der Waals surface area (Å²) in [6.45, 7) is 8.78. The molecule has 0 bridgehead atoms. The first-order valence-corrected chi connectivity index (χ1v) is 11.4. The molecule has 4 nitrogen and oxygen atoms in total. The largest absolute Gasteiger partial charge is 0.378 e. The highest BCUT2D eigenvalue weighted by molar-refractivity contribution is 5.94. The van der Waals surface area contributed by atoms with E-state index >= 15 is 0 Å². The van der Waals surface area contributed by atoms with Gasteiger partial charge in [-0.2, -0.15) is 0 Å². The zero-order valence-electron chi connectivity index (χ0n) is 18.5. The van der Waals surface area contributed by atoms with Gasteiger partial charge in [-0.3, -0.25) is 4.79 Å². The Hall–Kier alpha value is -1.65. The van der Waals surface area contributed by atoms with Gasteiger partial charge in [-0.15, -0.1) is 6.58 Å². The molecule has 4 heteroatoms. The van der Waals surface area contributed by atoms with Crippen LogP contribution in [0.2, 0.25) is 0 Å². The van der Waals surface area contributed by atoms with Crippen LogP contribution in [0.5, 0.6) is 0 Å². The van der Waals surface area contributed by atoms with E-state index in [1.165, 1.54) is 19.3 Å². The number of ether oxygens (including phenoxy) is 1. The van der Waals surface area contributed by atoms with Gasteiger partial charge in [0.1, 0.15) is 0 Å². The first kappa shape index (κ1) is 23.6. The van der Waals surface area contributed by atoms with Gasteiger partial charge in [0, 0.05) is 25.3 Å². The Labute approximate surface area is 177 Å². The third-order valence-corrected chi connectivity index (χ3v) is 5.90. The van der Waals surface area contributed by atoms with Crippen LogP contribution in [0.4, 0.5) is 0 Å². The summed E-state index contributed by atoms with van der Waals surface area (Å²) >= 11 is 0. The van der Waals surface area contributed by atoms with Crippen molar-refractivity contribution in [1.29, 1.82) is 0 Å². The van der Waals surface area contributed by atoms with Crippen molar-refractivity contribution in [3.8, 4) is 0 Å². The first-order valence-electron chi connectivity index (χ1n) is 11.4. The molecule has 1 N–H and O–H groups in total. The summed E-state index contributed by atoms with van der Waals surface area (Å²) in [6.07, 6.45) is 12.5. The number of carbonyl (C=O) groups is 1. The number of unbranched alkanes of at least 4 members (excludes halogenated alkanes) is 3. The lowest BCUT2D eigenvalue weighted by atomic mass is 9.91. The molecule has 0 unspecified atom stereocenters. The molecule has 1 aliphatic carbocycles. The lowest BCUT2D eigenvalue weighted by molar-refractivity contribution is 0.00911. The maximum absolute atomic E-state index is 12.7. The topological polar surface area (TPSA) is 41.6 Å². The molecule has 0 atom stereocenters. The quantitative estimate of drug-likeness (QED) is 0.369. The minimum absolute atomic E-state index is 0.136. The molecule has 0 saturated heterocycles. The molecule has 0 spiro atoms. The van der Waals surface area contributed by atoms with Gasteiger partial charge in [-0.05, 0) is 77.1 Å². The molecule has 1 aliphatic rings. The van der Waals surface area contributed by atoms with E-state index in [9.17, 15) is 4.79 Å². The summed E-state index contributed by atoms with van der Waals surface area (Å²) in [5.41, 5.74) is 1.92. The van der Waals surface area contributed by atoms with Crippen molar-refractivity contribution in [2.75, 3.05) is 26.7 Å². The molecule has 1 saturated carbocycles. The molecule has 0 aliphatic heterocycles. The third kappa shape index (κ3) is 8.71. The molecule has 0 aromatic heterocycles. The van der Waals surface area contributed by atoms with Crippen LogP contribution >= 0.6 is 0 Å². The number of nitrogens with zero attached hydrogens (tertiary/aromatic N) is 1. The van der Waals surface area contributed by atoms with Gasteiger partial charge in [0.2, 0.25) is 0 Å². The fraction of sp³-hybridized carbons (Fsp3) is 0.640. The summed E-state index contributed by atoms with van der Waals surface area (Å²) in [5.74, 6) is 0.136. The third-order valence-electron chi connectivity index (χ3n) is 5.90. The van der Waals surface area contributed by atoms with Crippen LogP contribution < -0.4 is 5.32 Å². The highest BCUT2D eigenvalue weighted by Gasteiger charge is 2.27. The number of hydrogen-bond donors (Lipinski definition) is 1. The van der Waals surface area contributed by atoms with Gasteiger partial charge >= 0.3 is 0 Å². The van der Waals surface area contributed by atoms with E-state index in [0.29, 0.717) is 12.1 Å². The number of nitrogens with one attached hydrogen (secondary N) is 1. The Morgan fingerprint density at radius 1 is 1.17 bits per heavy atom. The predicted molar refractivity (Wildman–Crippen MR) is 121 cm³/mol. The zero-order valence-corrected chi connectivity index (χ0v) is 18.5. The van der Waals surface area contributed by atoms with Crippen LogP contribution in [0.25, 0.3) is 0 Å². The van der Waals surface area contributed by atoms with Crippen molar-refractivity contribution >= 4 is 5.91 Å². The van der Waals surface area contributed by atoms with Crippen molar-refractivity contribution < 1.29 is 9.53 Å². The van der Waals surface area contributed by atoms with Crippen LogP contribution in [0, 0.1) is 6.92 Å². The molecule has 2 rings (SSSR count). The number of rotatable bonds is 13. The Kier molecular flexibility index (Phi) is 11.0. The summed E-state index contributed by atoms with van der Waals surface area (Å²) < 4.78 is 6.10. The van der Waals surface area contributed by atoms with Crippen LogP contribution in [-0.2, 0) is 4.74 Å². The minimum Gasteiger partial charge on any atom is -0.378 e. The fourth-order valence-electron chi connectivity index (χ4n) is 4.03. The van der Waals surface area contributed by atoms with E-state index in [4.69, 9.17) is 4.74 Å². The molecular weight excluding hydrogens is 360 g/mol. The summed E-state index contributed by atoms with van der Waals surface area (Å²) in [6, 6.07) is 8.21. The molecule has 162 valence electrons. The van der Waals surface area contributed by atoms with Crippen molar-refractivity contribution in [3.63, 3.8) is 0 Å². The second kappa shape index (κ2) is 13.6. The van der Waals surface area contributed by atoms with Crippen molar-refractivity contribution in [2.24, 2.45) is 0 Å². The molecule has 29 heavy (non-hydrogen) atoms. The van der Waals surface area contributed by atoms with Gasteiger partial charge in [-0.25, -0.2) is 0 Å². The number of carbonyl (C=O) groups excluding carboxylic acids is 1. The van der Waals surface area contributed by atoms with Crippen molar-refractivity contribution in [2.45, 2.75) is 76.9 Å². The highest BCUT2D eigenvalue weighted by atomic mass is 16.5. The molecule has 1 aromatic carbocycles. The van der Waals surface area contributed by atoms with Crippen LogP contribution in [0.3, 0.4) is 0 Å². The Balaban J connectivity index is 1.55. The Morgan fingerprint density at radius 2 is 1.93 bits per heavy atom.